The molecule has 0 radical (unpaired) electrons. The maximum absolute atomic E-state index is 12.4. The van der Waals surface area contributed by atoms with Crippen LogP contribution < -0.4 is 20.3 Å². The van der Waals surface area contributed by atoms with Gasteiger partial charge in [-0.2, -0.15) is 5.26 Å². The predicted octanol–water partition coefficient (Wildman–Crippen LogP) is 3.36. The normalized spacial score (nSPS) is 9.60. The predicted molar refractivity (Wildman–Crippen MR) is 94.6 cm³/mol. The molecule has 3 amide bonds. The second kappa shape index (κ2) is 8.93. The number of ether oxygens (including phenoxy) is 1. The van der Waals surface area contributed by atoms with Gasteiger partial charge in [-0.15, -0.1) is 0 Å². The van der Waals surface area contributed by atoms with Gasteiger partial charge in [-0.3, -0.25) is 4.90 Å². The highest BCUT2D eigenvalue weighted by molar-refractivity contribution is 5.91. The summed E-state index contributed by atoms with van der Waals surface area (Å²) in [5.74, 6) is 0.262. The fourth-order valence-electron chi connectivity index (χ4n) is 2.07. The number of hydrogen-bond donors (Lipinski definition) is 2. The lowest BCUT2D eigenvalue weighted by Crippen LogP contribution is -2.34. The van der Waals surface area contributed by atoms with Gasteiger partial charge in [0.05, 0.1) is 6.07 Å². The van der Waals surface area contributed by atoms with Gasteiger partial charge in [0.1, 0.15) is 12.3 Å². The van der Waals surface area contributed by atoms with Crippen molar-refractivity contribution in [1.29, 1.82) is 5.26 Å². The summed E-state index contributed by atoms with van der Waals surface area (Å²) >= 11 is 0. The Labute approximate surface area is 145 Å². The smallest absolute Gasteiger partial charge is 0.410 e. The molecule has 7 nitrogen and oxygen atoms in total. The second-order valence-electron chi connectivity index (χ2n) is 4.96. The molecule has 0 saturated heterocycles. The van der Waals surface area contributed by atoms with Crippen LogP contribution in [0.1, 0.15) is 6.92 Å². The number of nitrogens with one attached hydrogen (secondary N) is 2. The first-order valence-electron chi connectivity index (χ1n) is 7.70. The van der Waals surface area contributed by atoms with Gasteiger partial charge in [0.25, 0.3) is 0 Å². The Kier molecular flexibility index (Phi) is 6.37. The third kappa shape index (κ3) is 5.25. The quantitative estimate of drug-likeness (QED) is 0.817. The Morgan fingerprint density at radius 3 is 2.60 bits per heavy atom. The number of rotatable bonds is 5. The van der Waals surface area contributed by atoms with Gasteiger partial charge >= 0.3 is 12.1 Å². The van der Waals surface area contributed by atoms with Crippen LogP contribution in [0.15, 0.2) is 54.6 Å². The van der Waals surface area contributed by atoms with Gasteiger partial charge in [-0.05, 0) is 31.2 Å². The van der Waals surface area contributed by atoms with Crippen molar-refractivity contribution in [3.8, 4) is 11.8 Å². The Morgan fingerprint density at radius 2 is 1.92 bits per heavy atom. The van der Waals surface area contributed by atoms with Crippen molar-refractivity contribution in [2.45, 2.75) is 6.92 Å². The third-order valence-corrected chi connectivity index (χ3v) is 3.15. The van der Waals surface area contributed by atoms with E-state index in [2.05, 4.69) is 10.6 Å². The third-order valence-electron chi connectivity index (χ3n) is 3.15. The maximum Gasteiger partial charge on any atom is 0.420 e. The van der Waals surface area contributed by atoms with E-state index in [4.69, 9.17) is 10.00 Å². The zero-order valence-electron chi connectivity index (χ0n) is 13.7. The molecule has 2 N–H and O–H groups in total. The molecule has 0 atom stereocenters. The molecule has 0 aliphatic heterocycles. The summed E-state index contributed by atoms with van der Waals surface area (Å²) in [5, 5.41) is 14.2. The van der Waals surface area contributed by atoms with E-state index in [1.54, 1.807) is 42.5 Å². The van der Waals surface area contributed by atoms with Crippen molar-refractivity contribution in [2.24, 2.45) is 0 Å². The molecule has 0 unspecified atom stereocenters. The molecule has 7 heteroatoms. The molecule has 25 heavy (non-hydrogen) atoms. The average Bonchev–Trinajstić information content (AvgIpc) is 2.60. The zero-order valence-corrected chi connectivity index (χ0v) is 13.7. The van der Waals surface area contributed by atoms with Crippen LogP contribution in [-0.2, 0) is 0 Å². The van der Waals surface area contributed by atoms with E-state index >= 15 is 0 Å². The van der Waals surface area contributed by atoms with Crippen LogP contribution in [0.25, 0.3) is 0 Å². The first-order chi connectivity index (χ1) is 12.1. The summed E-state index contributed by atoms with van der Waals surface area (Å²) in [4.78, 5) is 25.2. The molecule has 0 fully saturated rings. The second-order valence-corrected chi connectivity index (χ2v) is 4.96. The number of para-hydroxylation sites is 1. The van der Waals surface area contributed by atoms with Gasteiger partial charge < -0.3 is 15.4 Å². The number of urea groups is 1. The summed E-state index contributed by atoms with van der Waals surface area (Å²) in [6, 6.07) is 16.8. The lowest BCUT2D eigenvalue weighted by molar-refractivity contribution is 0.208. The first-order valence-corrected chi connectivity index (χ1v) is 7.70. The van der Waals surface area contributed by atoms with Crippen molar-refractivity contribution < 1.29 is 14.3 Å². The largest absolute Gasteiger partial charge is 0.420 e. The van der Waals surface area contributed by atoms with E-state index in [0.29, 0.717) is 17.9 Å². The van der Waals surface area contributed by atoms with E-state index in [1.807, 2.05) is 19.1 Å². The summed E-state index contributed by atoms with van der Waals surface area (Å²) in [7, 11) is 0. The molecular weight excluding hydrogens is 320 g/mol. The fraction of sp³-hybridized carbons (Fsp3) is 0.167. The number of carbonyl (C=O) groups is 2. The molecular formula is C18H18N4O3. The van der Waals surface area contributed by atoms with E-state index in [1.165, 1.54) is 11.0 Å². The number of hydrogen-bond acceptors (Lipinski definition) is 4. The van der Waals surface area contributed by atoms with Crippen LogP contribution in [0.2, 0.25) is 0 Å². The van der Waals surface area contributed by atoms with Crippen molar-refractivity contribution in [3.05, 3.63) is 54.6 Å². The highest BCUT2D eigenvalue weighted by Gasteiger charge is 2.17. The minimum atomic E-state index is -0.678. The number of benzene rings is 2. The molecule has 0 aromatic heterocycles. The van der Waals surface area contributed by atoms with Crippen molar-refractivity contribution in [3.63, 3.8) is 0 Å². The zero-order chi connectivity index (χ0) is 18.1. The van der Waals surface area contributed by atoms with E-state index in [0.717, 1.165) is 0 Å². The maximum atomic E-state index is 12.4. The van der Waals surface area contributed by atoms with Crippen LogP contribution in [0.3, 0.4) is 0 Å². The highest BCUT2D eigenvalue weighted by Crippen LogP contribution is 2.20. The molecule has 0 aliphatic carbocycles. The number of amides is 3. The van der Waals surface area contributed by atoms with Gasteiger partial charge in [0, 0.05) is 24.0 Å². The first kappa shape index (κ1) is 17.8. The molecule has 0 aliphatic rings. The number of carbonyl (C=O) groups excluding carboxylic acids is 2. The minimum Gasteiger partial charge on any atom is -0.410 e. The molecule has 0 heterocycles. The lowest BCUT2D eigenvalue weighted by atomic mass is 10.3. The van der Waals surface area contributed by atoms with Gasteiger partial charge in [-0.25, -0.2) is 9.59 Å². The summed E-state index contributed by atoms with van der Waals surface area (Å²) in [5.41, 5.74) is 1.05. The van der Waals surface area contributed by atoms with Crippen molar-refractivity contribution in [2.75, 3.05) is 23.3 Å². The van der Waals surface area contributed by atoms with E-state index < -0.39 is 6.09 Å². The molecule has 2 aromatic carbocycles. The van der Waals surface area contributed by atoms with Crippen molar-refractivity contribution >= 4 is 23.5 Å². The highest BCUT2D eigenvalue weighted by atomic mass is 16.6. The summed E-state index contributed by atoms with van der Waals surface area (Å²) < 4.78 is 5.33. The summed E-state index contributed by atoms with van der Waals surface area (Å²) in [6.07, 6.45) is -0.678. The van der Waals surface area contributed by atoms with Crippen LogP contribution in [0, 0.1) is 11.3 Å². The topological polar surface area (TPSA) is 94.5 Å². The van der Waals surface area contributed by atoms with Crippen molar-refractivity contribution in [1.82, 2.24) is 5.32 Å². The molecule has 0 saturated carbocycles. The number of nitriles is 1. The van der Waals surface area contributed by atoms with Crippen LogP contribution in [0.4, 0.5) is 21.0 Å². The molecule has 2 rings (SSSR count). The fourth-order valence-corrected chi connectivity index (χ4v) is 2.07. The average molecular weight is 338 g/mol. The monoisotopic (exact) mass is 338 g/mol. The molecule has 0 bridgehead atoms. The van der Waals surface area contributed by atoms with Crippen LogP contribution >= 0.6 is 0 Å². The summed E-state index contributed by atoms with van der Waals surface area (Å²) in [6.45, 7) is 2.17. The molecule has 0 spiro atoms. The van der Waals surface area contributed by atoms with E-state index in [-0.39, 0.29) is 18.3 Å². The van der Waals surface area contributed by atoms with Gasteiger partial charge in [0.2, 0.25) is 0 Å². The Bertz CT molecular complexity index is 771. The number of nitrogens with zero attached hydrogens (tertiary/aromatic N) is 2. The van der Waals surface area contributed by atoms with Gasteiger partial charge in [-0.1, -0.05) is 24.3 Å². The Hall–Kier alpha value is -3.53. The van der Waals surface area contributed by atoms with Crippen LogP contribution in [0.5, 0.6) is 5.75 Å². The Morgan fingerprint density at radius 1 is 1.16 bits per heavy atom. The minimum absolute atomic E-state index is 0.139. The Balaban J connectivity index is 2.11. The molecule has 128 valence electrons. The standard InChI is InChI=1S/C18H18N4O3/c1-2-20-17(23)21-14-7-6-10-16(13-14)25-18(24)22(12-11-19)15-8-4-3-5-9-15/h3-10,13H,2,12H2,1H3,(H2,20,21,23). The molecule has 2 aromatic rings. The van der Waals surface area contributed by atoms with Gasteiger partial charge in [0.15, 0.2) is 0 Å². The van der Waals surface area contributed by atoms with E-state index in [9.17, 15) is 9.59 Å². The van der Waals surface area contributed by atoms with Crippen LogP contribution in [-0.4, -0.2) is 25.2 Å². The lowest BCUT2D eigenvalue weighted by Gasteiger charge is -2.19. The SMILES string of the molecule is CCNC(=O)Nc1cccc(OC(=O)N(CC#N)c2ccccc2)c1. The number of anilines is 2.